The number of benzene rings is 2. The van der Waals surface area contributed by atoms with E-state index in [1.54, 1.807) is 30.3 Å². The molecule has 2 aromatic carbocycles. The lowest BCUT2D eigenvalue weighted by Crippen LogP contribution is -2.28. The average molecular weight is 370 g/mol. The fourth-order valence-electron chi connectivity index (χ4n) is 1.94. The van der Waals surface area contributed by atoms with Crippen LogP contribution in [0, 0.1) is 6.92 Å². The molecule has 132 valence electrons. The van der Waals surface area contributed by atoms with Crippen molar-refractivity contribution in [2.45, 2.75) is 12.4 Å². The fourth-order valence-corrected chi connectivity index (χ4v) is 2.48. The van der Waals surface area contributed by atoms with Gasteiger partial charge in [0.1, 0.15) is 0 Å². The molecule has 0 aliphatic carbocycles. The van der Waals surface area contributed by atoms with E-state index in [1.807, 2.05) is 0 Å². The van der Waals surface area contributed by atoms with E-state index < -0.39 is 27.2 Å². The summed E-state index contributed by atoms with van der Waals surface area (Å²) in [6.45, 7) is 1.35. The Morgan fingerprint density at radius 1 is 1.04 bits per heavy atom. The summed E-state index contributed by atoms with van der Waals surface area (Å²) in [5.41, 5.74) is -5.07. The fraction of sp³-hybridized carbons (Fsp3) is 0.118. The van der Waals surface area contributed by atoms with Crippen molar-refractivity contribution >= 4 is 22.0 Å². The van der Waals surface area contributed by atoms with E-state index in [0.717, 1.165) is 6.08 Å². The summed E-state index contributed by atoms with van der Waals surface area (Å²) in [4.78, 5) is 12.3. The van der Waals surface area contributed by atoms with Crippen LogP contribution in [0.5, 0.6) is 5.75 Å². The number of carbonyl (C=O) groups is 1. The number of alkyl halides is 3. The highest BCUT2D eigenvalue weighted by Gasteiger charge is 2.49. The molecule has 0 saturated heterocycles. The Hall–Kier alpha value is -2.61. The molecule has 0 fully saturated rings. The first-order chi connectivity index (χ1) is 11.6. The Labute approximate surface area is 142 Å². The summed E-state index contributed by atoms with van der Waals surface area (Å²) in [5.74, 6) is -1.32. The average Bonchev–Trinajstić information content (AvgIpc) is 2.54. The topological polar surface area (TPSA) is 60.4 Å². The molecule has 0 radical (unpaired) electrons. The number of ketones is 1. The number of para-hydroxylation sites is 1. The van der Waals surface area contributed by atoms with Gasteiger partial charge in [0.25, 0.3) is 0 Å². The molecular formula is C17H13F3O4S. The molecule has 0 aliphatic heterocycles. The van der Waals surface area contributed by atoms with E-state index in [0.29, 0.717) is 5.56 Å². The van der Waals surface area contributed by atoms with Gasteiger partial charge in [-0.1, -0.05) is 48.5 Å². The summed E-state index contributed by atoms with van der Waals surface area (Å²) in [6, 6.07) is 12.7. The van der Waals surface area contributed by atoms with Crippen LogP contribution < -0.4 is 4.18 Å². The summed E-state index contributed by atoms with van der Waals surface area (Å²) in [5, 5.41) is 0. The van der Waals surface area contributed by atoms with Crippen LogP contribution in [-0.2, 0) is 10.1 Å². The van der Waals surface area contributed by atoms with Crippen molar-refractivity contribution in [2.24, 2.45) is 0 Å². The summed E-state index contributed by atoms with van der Waals surface area (Å²) in [7, 11) is -5.87. The van der Waals surface area contributed by atoms with E-state index >= 15 is 0 Å². The molecule has 0 unspecified atom stereocenters. The molecular weight excluding hydrogens is 357 g/mol. The molecule has 2 aromatic rings. The monoisotopic (exact) mass is 370 g/mol. The van der Waals surface area contributed by atoms with Gasteiger partial charge in [-0.15, -0.1) is 0 Å². The SMILES string of the molecule is Cc1cccc(C(=O)/C=C/c2ccccc2)c1OS(=O)(=O)C(F)(F)F. The van der Waals surface area contributed by atoms with Crippen LogP contribution >= 0.6 is 0 Å². The first-order valence-electron chi connectivity index (χ1n) is 6.99. The van der Waals surface area contributed by atoms with Crippen molar-refractivity contribution in [1.29, 1.82) is 0 Å². The smallest absolute Gasteiger partial charge is 0.375 e. The summed E-state index contributed by atoms with van der Waals surface area (Å²) in [6.07, 6.45) is 2.60. The highest BCUT2D eigenvalue weighted by Crippen LogP contribution is 2.31. The highest BCUT2D eigenvalue weighted by atomic mass is 32.2. The molecule has 4 nitrogen and oxygen atoms in total. The molecule has 8 heteroatoms. The standard InChI is InChI=1S/C17H13F3O4S/c1-12-6-5-9-14(16(12)24-25(22,23)17(18,19)20)15(21)11-10-13-7-3-2-4-8-13/h2-11H,1H3/b11-10+. The Kier molecular flexibility index (Phi) is 5.32. The van der Waals surface area contributed by atoms with Crippen molar-refractivity contribution in [3.63, 3.8) is 0 Å². The molecule has 0 bridgehead atoms. The lowest BCUT2D eigenvalue weighted by molar-refractivity contribution is -0.0500. The second-order valence-electron chi connectivity index (χ2n) is 5.04. The highest BCUT2D eigenvalue weighted by molar-refractivity contribution is 7.88. The first-order valence-corrected chi connectivity index (χ1v) is 8.40. The minimum absolute atomic E-state index is 0.0896. The van der Waals surface area contributed by atoms with E-state index in [9.17, 15) is 26.4 Å². The molecule has 2 rings (SSSR count). The van der Waals surface area contributed by atoms with E-state index in [2.05, 4.69) is 4.18 Å². The van der Waals surface area contributed by atoms with Gasteiger partial charge >= 0.3 is 15.6 Å². The Balaban J connectivity index is 2.38. The van der Waals surface area contributed by atoms with Crippen LogP contribution in [0.15, 0.2) is 54.6 Å². The van der Waals surface area contributed by atoms with Crippen LogP contribution in [0.4, 0.5) is 13.2 Å². The lowest BCUT2D eigenvalue weighted by atomic mass is 10.0. The predicted molar refractivity (Wildman–Crippen MR) is 86.6 cm³/mol. The molecule has 0 aliphatic rings. The maximum Gasteiger partial charge on any atom is 0.534 e. The zero-order chi connectivity index (χ0) is 18.7. The van der Waals surface area contributed by atoms with Crippen LogP contribution in [0.2, 0.25) is 0 Å². The van der Waals surface area contributed by atoms with E-state index in [-0.39, 0.29) is 11.1 Å². The van der Waals surface area contributed by atoms with Crippen molar-refractivity contribution < 1.29 is 30.6 Å². The zero-order valence-corrected chi connectivity index (χ0v) is 13.8. The third-order valence-corrected chi connectivity index (χ3v) is 4.13. The number of hydrogen-bond acceptors (Lipinski definition) is 4. The maximum atomic E-state index is 12.5. The second kappa shape index (κ2) is 7.10. The number of halogens is 3. The van der Waals surface area contributed by atoms with Gasteiger partial charge in [0, 0.05) is 0 Å². The first kappa shape index (κ1) is 18.7. The summed E-state index contributed by atoms with van der Waals surface area (Å²) < 4.78 is 64.3. The van der Waals surface area contributed by atoms with Crippen molar-refractivity contribution in [3.8, 4) is 5.75 Å². The van der Waals surface area contributed by atoms with Gasteiger partial charge in [0.05, 0.1) is 5.56 Å². The van der Waals surface area contributed by atoms with E-state index in [4.69, 9.17) is 0 Å². The normalized spacial score (nSPS) is 12.3. The quantitative estimate of drug-likeness (QED) is 0.344. The zero-order valence-electron chi connectivity index (χ0n) is 12.9. The van der Waals surface area contributed by atoms with Gasteiger partial charge in [0.15, 0.2) is 11.5 Å². The van der Waals surface area contributed by atoms with Gasteiger partial charge in [-0.2, -0.15) is 21.6 Å². The van der Waals surface area contributed by atoms with Gasteiger partial charge in [-0.3, -0.25) is 4.79 Å². The number of aryl methyl sites for hydroxylation is 1. The molecule has 0 atom stereocenters. The second-order valence-corrected chi connectivity index (χ2v) is 6.58. The molecule has 0 N–H and O–H groups in total. The maximum absolute atomic E-state index is 12.5. The minimum atomic E-state index is -5.87. The molecule has 0 spiro atoms. The van der Waals surface area contributed by atoms with E-state index in [1.165, 1.54) is 31.2 Å². The number of allylic oxidation sites excluding steroid dienone is 1. The Bertz CT molecular complexity index is 901. The molecule has 25 heavy (non-hydrogen) atoms. The van der Waals surface area contributed by atoms with Gasteiger partial charge in [0.2, 0.25) is 0 Å². The van der Waals surface area contributed by atoms with Gasteiger partial charge in [-0.05, 0) is 30.2 Å². The number of hydrogen-bond donors (Lipinski definition) is 0. The predicted octanol–water partition coefficient (Wildman–Crippen LogP) is 4.12. The van der Waals surface area contributed by atoms with Crippen molar-refractivity contribution in [2.75, 3.05) is 0 Å². The minimum Gasteiger partial charge on any atom is -0.375 e. The molecule has 0 heterocycles. The van der Waals surface area contributed by atoms with Crippen LogP contribution in [0.1, 0.15) is 21.5 Å². The van der Waals surface area contributed by atoms with Crippen LogP contribution in [-0.4, -0.2) is 19.7 Å². The lowest BCUT2D eigenvalue weighted by Gasteiger charge is -2.13. The van der Waals surface area contributed by atoms with Crippen molar-refractivity contribution in [3.05, 3.63) is 71.3 Å². The molecule has 0 amide bonds. The number of rotatable bonds is 5. The largest absolute Gasteiger partial charge is 0.534 e. The van der Waals surface area contributed by atoms with Gasteiger partial charge in [-0.25, -0.2) is 0 Å². The van der Waals surface area contributed by atoms with Crippen LogP contribution in [0.3, 0.4) is 0 Å². The van der Waals surface area contributed by atoms with Crippen LogP contribution in [0.25, 0.3) is 6.08 Å². The third kappa shape index (κ3) is 4.48. The van der Waals surface area contributed by atoms with Gasteiger partial charge < -0.3 is 4.18 Å². The molecule has 0 aromatic heterocycles. The number of carbonyl (C=O) groups excluding carboxylic acids is 1. The van der Waals surface area contributed by atoms with Crippen molar-refractivity contribution in [1.82, 2.24) is 0 Å². The third-order valence-electron chi connectivity index (χ3n) is 3.18. The molecule has 0 saturated carbocycles. The summed E-state index contributed by atoms with van der Waals surface area (Å²) >= 11 is 0. The Morgan fingerprint density at radius 2 is 1.68 bits per heavy atom. The Morgan fingerprint density at radius 3 is 2.28 bits per heavy atom.